The highest BCUT2D eigenvalue weighted by molar-refractivity contribution is 9.10. The number of halogens is 2. The Balaban J connectivity index is 3.25. The van der Waals surface area contributed by atoms with Crippen molar-refractivity contribution in [2.24, 2.45) is 0 Å². The lowest BCUT2D eigenvalue weighted by Gasteiger charge is -2.04. The van der Waals surface area contributed by atoms with E-state index in [9.17, 15) is 0 Å². The summed E-state index contributed by atoms with van der Waals surface area (Å²) < 4.78 is 1.11. The van der Waals surface area contributed by atoms with Crippen molar-refractivity contribution in [3.63, 3.8) is 0 Å². The average molecular weight is 252 g/mol. The highest BCUT2D eigenvalue weighted by atomic mass is 79.9. The van der Waals surface area contributed by atoms with Gasteiger partial charge < -0.3 is 0 Å². The van der Waals surface area contributed by atoms with Gasteiger partial charge in [-0.25, -0.2) is 0 Å². The summed E-state index contributed by atoms with van der Waals surface area (Å²) >= 11 is 11.1. The molecule has 0 heterocycles. The lowest BCUT2D eigenvalue weighted by molar-refractivity contribution is 1.31. The fourth-order valence-electron chi connectivity index (χ4n) is 0.794. The molecular weight excluding hydrogens is 244 g/mol. The summed E-state index contributed by atoms with van der Waals surface area (Å²) in [5.41, 5.74) is 1.11. The minimum absolute atomic E-state index is 0.815. The van der Waals surface area contributed by atoms with Gasteiger partial charge in [0.15, 0.2) is 0 Å². The molecule has 0 spiro atoms. The molecule has 0 amide bonds. The van der Waals surface area contributed by atoms with Gasteiger partial charge in [-0.15, -0.1) is 11.8 Å². The van der Waals surface area contributed by atoms with Gasteiger partial charge in [-0.1, -0.05) is 11.6 Å². The Morgan fingerprint density at radius 2 is 2.09 bits per heavy atom. The maximum atomic E-state index is 5.90. The van der Waals surface area contributed by atoms with Crippen LogP contribution in [0.2, 0.25) is 5.02 Å². The maximum Gasteiger partial charge on any atom is 0.0447 e. The van der Waals surface area contributed by atoms with Gasteiger partial charge in [0.25, 0.3) is 0 Å². The first-order valence-corrected chi connectivity index (χ1v) is 5.55. The molecule has 3 heteroatoms. The van der Waals surface area contributed by atoms with Crippen molar-refractivity contribution in [2.45, 2.75) is 11.8 Å². The molecule has 0 radical (unpaired) electrons. The molecule has 0 nitrogen and oxygen atoms in total. The number of thioether (sulfide) groups is 1. The van der Waals surface area contributed by atoms with Crippen LogP contribution in [0.1, 0.15) is 5.56 Å². The Labute approximate surface area is 84.5 Å². The second kappa shape index (κ2) is 3.83. The van der Waals surface area contributed by atoms with Gasteiger partial charge in [0.1, 0.15) is 0 Å². The number of hydrogen-bond donors (Lipinski definition) is 0. The molecule has 0 aliphatic heterocycles. The molecular formula is C8H8BrClS. The van der Waals surface area contributed by atoms with Crippen LogP contribution in [-0.2, 0) is 0 Å². The zero-order chi connectivity index (χ0) is 8.43. The van der Waals surface area contributed by atoms with E-state index in [-0.39, 0.29) is 0 Å². The highest BCUT2D eigenvalue weighted by Crippen LogP contribution is 2.32. The molecule has 60 valence electrons. The Morgan fingerprint density at radius 1 is 1.45 bits per heavy atom. The van der Waals surface area contributed by atoms with Gasteiger partial charge >= 0.3 is 0 Å². The van der Waals surface area contributed by atoms with Crippen LogP contribution >= 0.6 is 39.3 Å². The predicted octanol–water partition coefficient (Wildman–Crippen LogP) is 4.13. The zero-order valence-corrected chi connectivity index (χ0v) is 9.48. The molecule has 0 saturated heterocycles. The lowest BCUT2D eigenvalue weighted by atomic mass is 10.2. The van der Waals surface area contributed by atoms with E-state index in [0.29, 0.717) is 0 Å². The smallest absolute Gasteiger partial charge is 0.0447 e. The standard InChI is InChI=1S/C8H8BrClS/c1-5-6(10)3-4-7(11-2)8(5)9/h3-4H,1-2H3. The molecule has 0 fully saturated rings. The van der Waals surface area contributed by atoms with E-state index < -0.39 is 0 Å². The molecule has 0 unspecified atom stereocenters. The van der Waals surface area contributed by atoms with Crippen molar-refractivity contribution in [1.82, 2.24) is 0 Å². The quantitative estimate of drug-likeness (QED) is 0.676. The Bertz CT molecular complexity index is 273. The highest BCUT2D eigenvalue weighted by Gasteiger charge is 2.04. The third-order valence-corrected chi connectivity index (χ3v) is 3.98. The minimum Gasteiger partial charge on any atom is -0.128 e. The van der Waals surface area contributed by atoms with Crippen LogP contribution in [0.5, 0.6) is 0 Å². The van der Waals surface area contributed by atoms with Crippen LogP contribution in [-0.4, -0.2) is 6.26 Å². The van der Waals surface area contributed by atoms with Crippen LogP contribution in [0.4, 0.5) is 0 Å². The summed E-state index contributed by atoms with van der Waals surface area (Å²) in [7, 11) is 0. The second-order valence-corrected chi connectivity index (χ2v) is 4.24. The van der Waals surface area contributed by atoms with E-state index >= 15 is 0 Å². The molecule has 0 N–H and O–H groups in total. The summed E-state index contributed by atoms with van der Waals surface area (Å²) in [5, 5.41) is 0.815. The third kappa shape index (κ3) is 1.92. The Hall–Kier alpha value is 0.340. The zero-order valence-electron chi connectivity index (χ0n) is 6.32. The number of rotatable bonds is 1. The second-order valence-electron chi connectivity index (χ2n) is 2.19. The number of hydrogen-bond acceptors (Lipinski definition) is 1. The Morgan fingerprint density at radius 3 is 2.64 bits per heavy atom. The number of benzene rings is 1. The lowest BCUT2D eigenvalue weighted by Crippen LogP contribution is -1.80. The average Bonchev–Trinajstić information content (AvgIpc) is 2.01. The molecule has 0 saturated carbocycles. The summed E-state index contributed by atoms with van der Waals surface area (Å²) in [6, 6.07) is 3.94. The first-order valence-electron chi connectivity index (χ1n) is 3.15. The monoisotopic (exact) mass is 250 g/mol. The van der Waals surface area contributed by atoms with E-state index in [1.807, 2.05) is 25.3 Å². The van der Waals surface area contributed by atoms with Gasteiger partial charge in [0.2, 0.25) is 0 Å². The summed E-state index contributed by atoms with van der Waals surface area (Å²) in [4.78, 5) is 1.23. The van der Waals surface area contributed by atoms with Crippen molar-refractivity contribution < 1.29 is 0 Å². The Kier molecular flexibility index (Phi) is 3.29. The largest absolute Gasteiger partial charge is 0.128 e. The van der Waals surface area contributed by atoms with Crippen LogP contribution in [0.15, 0.2) is 21.5 Å². The van der Waals surface area contributed by atoms with E-state index in [0.717, 1.165) is 15.1 Å². The molecule has 0 aliphatic rings. The van der Waals surface area contributed by atoms with Crippen LogP contribution in [0.25, 0.3) is 0 Å². The van der Waals surface area contributed by atoms with Gasteiger partial charge in [0.05, 0.1) is 0 Å². The summed E-state index contributed by atoms with van der Waals surface area (Å²) in [6.45, 7) is 2.01. The van der Waals surface area contributed by atoms with Crippen LogP contribution < -0.4 is 0 Å². The molecule has 0 aliphatic carbocycles. The minimum atomic E-state index is 0.815. The predicted molar refractivity (Wildman–Crippen MR) is 55.7 cm³/mol. The molecule has 0 bridgehead atoms. The first kappa shape index (κ1) is 9.43. The molecule has 1 rings (SSSR count). The van der Waals surface area contributed by atoms with E-state index in [2.05, 4.69) is 15.9 Å². The van der Waals surface area contributed by atoms with Crippen molar-refractivity contribution in [3.05, 3.63) is 27.2 Å². The normalized spacial score (nSPS) is 10.2. The molecule has 0 atom stereocenters. The van der Waals surface area contributed by atoms with E-state index in [4.69, 9.17) is 11.6 Å². The fourth-order valence-corrected chi connectivity index (χ4v) is 2.43. The van der Waals surface area contributed by atoms with Gasteiger partial charge in [-0.2, -0.15) is 0 Å². The summed E-state index contributed by atoms with van der Waals surface area (Å²) in [6.07, 6.45) is 2.05. The fraction of sp³-hybridized carbons (Fsp3) is 0.250. The van der Waals surface area contributed by atoms with Crippen molar-refractivity contribution in [1.29, 1.82) is 0 Å². The molecule has 1 aromatic rings. The molecule has 0 aromatic heterocycles. The van der Waals surface area contributed by atoms with Crippen molar-refractivity contribution >= 4 is 39.3 Å². The first-order chi connectivity index (χ1) is 5.16. The van der Waals surface area contributed by atoms with E-state index in [1.165, 1.54) is 4.90 Å². The van der Waals surface area contributed by atoms with E-state index in [1.54, 1.807) is 11.8 Å². The van der Waals surface area contributed by atoms with Crippen molar-refractivity contribution in [2.75, 3.05) is 6.26 Å². The molecule has 1 aromatic carbocycles. The summed E-state index contributed by atoms with van der Waals surface area (Å²) in [5.74, 6) is 0. The SMILES string of the molecule is CSc1ccc(Cl)c(C)c1Br. The third-order valence-electron chi connectivity index (χ3n) is 1.50. The van der Waals surface area contributed by atoms with Crippen LogP contribution in [0, 0.1) is 6.92 Å². The van der Waals surface area contributed by atoms with Gasteiger partial charge in [-0.05, 0) is 46.8 Å². The van der Waals surface area contributed by atoms with Crippen LogP contribution in [0.3, 0.4) is 0 Å². The maximum absolute atomic E-state index is 5.90. The topological polar surface area (TPSA) is 0 Å². The molecule has 11 heavy (non-hydrogen) atoms. The van der Waals surface area contributed by atoms with Gasteiger partial charge in [0, 0.05) is 14.4 Å². The van der Waals surface area contributed by atoms with Crippen molar-refractivity contribution in [3.8, 4) is 0 Å². The van der Waals surface area contributed by atoms with Gasteiger partial charge in [-0.3, -0.25) is 0 Å².